The van der Waals surface area contributed by atoms with Crippen LogP contribution in [0.25, 0.3) is 11.6 Å². The molecule has 3 aromatic heterocycles. The van der Waals surface area contributed by atoms with Gasteiger partial charge in [-0.05, 0) is 12.1 Å². The van der Waals surface area contributed by atoms with E-state index < -0.39 is 0 Å². The van der Waals surface area contributed by atoms with E-state index >= 15 is 0 Å². The molecule has 0 aromatic carbocycles. The first-order chi connectivity index (χ1) is 8.42. The van der Waals surface area contributed by atoms with Gasteiger partial charge in [0.25, 0.3) is 0 Å². The summed E-state index contributed by atoms with van der Waals surface area (Å²) in [6.07, 6.45) is 3.01. The molecule has 0 atom stereocenters. The zero-order valence-electron chi connectivity index (χ0n) is 8.53. The van der Waals surface area contributed by atoms with Crippen molar-refractivity contribution in [1.29, 1.82) is 0 Å². The maximum atomic E-state index is 5.16. The lowest BCUT2D eigenvalue weighted by molar-refractivity contribution is 0.390. The molecule has 0 amide bonds. The molecule has 1 N–H and O–H groups in total. The van der Waals surface area contributed by atoms with Crippen LogP contribution in [0.15, 0.2) is 38.8 Å². The van der Waals surface area contributed by atoms with Crippen molar-refractivity contribution in [2.75, 3.05) is 0 Å². The van der Waals surface area contributed by atoms with Gasteiger partial charge in [-0.1, -0.05) is 16.9 Å². The van der Waals surface area contributed by atoms with Crippen LogP contribution in [0, 0.1) is 0 Å². The van der Waals surface area contributed by atoms with E-state index in [9.17, 15) is 0 Å². The number of H-pyrrole nitrogens is 1. The molecule has 0 aliphatic carbocycles. The quantitative estimate of drug-likeness (QED) is 0.704. The van der Waals surface area contributed by atoms with Crippen molar-refractivity contribution >= 4 is 11.8 Å². The van der Waals surface area contributed by atoms with E-state index in [0.717, 1.165) is 0 Å². The summed E-state index contributed by atoms with van der Waals surface area (Å²) < 4.78 is 10.2. The Hall–Kier alpha value is -2.09. The van der Waals surface area contributed by atoms with Crippen molar-refractivity contribution in [2.45, 2.75) is 10.9 Å². The molecule has 86 valence electrons. The van der Waals surface area contributed by atoms with Crippen LogP contribution in [0.1, 0.15) is 5.89 Å². The Kier molecular flexibility index (Phi) is 2.62. The third-order valence-corrected chi connectivity index (χ3v) is 2.80. The van der Waals surface area contributed by atoms with Crippen molar-refractivity contribution in [3.8, 4) is 11.6 Å². The van der Waals surface area contributed by atoms with Crippen molar-refractivity contribution in [1.82, 2.24) is 25.3 Å². The Morgan fingerprint density at radius 2 is 2.41 bits per heavy atom. The fourth-order valence-electron chi connectivity index (χ4n) is 1.21. The molecule has 8 heteroatoms. The molecule has 7 nitrogen and oxygen atoms in total. The lowest BCUT2D eigenvalue weighted by atomic mass is 10.4. The highest BCUT2D eigenvalue weighted by atomic mass is 32.2. The van der Waals surface area contributed by atoms with E-state index in [2.05, 4.69) is 25.3 Å². The van der Waals surface area contributed by atoms with Gasteiger partial charge in [0, 0.05) is 0 Å². The van der Waals surface area contributed by atoms with Gasteiger partial charge in [0.05, 0.1) is 12.0 Å². The molecule has 0 aliphatic heterocycles. The van der Waals surface area contributed by atoms with Gasteiger partial charge in [0.15, 0.2) is 10.9 Å². The number of rotatable bonds is 4. The van der Waals surface area contributed by atoms with Crippen LogP contribution in [-0.2, 0) is 5.75 Å². The van der Waals surface area contributed by atoms with Crippen molar-refractivity contribution in [3.05, 3.63) is 30.6 Å². The molecule has 3 heterocycles. The first-order valence-corrected chi connectivity index (χ1v) is 5.75. The highest BCUT2D eigenvalue weighted by Crippen LogP contribution is 2.20. The monoisotopic (exact) mass is 249 g/mol. The van der Waals surface area contributed by atoms with E-state index in [0.29, 0.717) is 28.4 Å². The van der Waals surface area contributed by atoms with Gasteiger partial charge < -0.3 is 8.94 Å². The lowest BCUT2D eigenvalue weighted by Crippen LogP contribution is -1.82. The predicted octanol–water partition coefficient (Wildman–Crippen LogP) is 1.74. The number of aromatic amines is 1. The third kappa shape index (κ3) is 2.21. The molecular formula is C9H7N5O2S. The molecule has 0 spiro atoms. The van der Waals surface area contributed by atoms with Crippen LogP contribution in [0.3, 0.4) is 0 Å². The van der Waals surface area contributed by atoms with Crippen molar-refractivity contribution in [2.24, 2.45) is 0 Å². The van der Waals surface area contributed by atoms with E-state index in [4.69, 9.17) is 8.94 Å². The largest absolute Gasteiger partial charge is 0.461 e. The van der Waals surface area contributed by atoms with Gasteiger partial charge in [0.1, 0.15) is 6.33 Å². The average Bonchev–Trinajstić information content (AvgIpc) is 3.09. The fraction of sp³-hybridized carbons (Fsp3) is 0.111. The Morgan fingerprint density at radius 1 is 1.41 bits per heavy atom. The van der Waals surface area contributed by atoms with Gasteiger partial charge in [-0.25, -0.2) is 4.98 Å². The Bertz CT molecular complexity index is 574. The summed E-state index contributed by atoms with van der Waals surface area (Å²) in [4.78, 5) is 8.17. The second kappa shape index (κ2) is 4.42. The van der Waals surface area contributed by atoms with E-state index in [1.807, 2.05) is 0 Å². The number of nitrogens with zero attached hydrogens (tertiary/aromatic N) is 4. The highest BCUT2D eigenvalue weighted by Gasteiger charge is 2.11. The summed E-state index contributed by atoms with van der Waals surface area (Å²) >= 11 is 1.43. The Morgan fingerprint density at radius 3 is 3.18 bits per heavy atom. The third-order valence-electron chi connectivity index (χ3n) is 1.93. The number of thioether (sulfide) groups is 1. The summed E-state index contributed by atoms with van der Waals surface area (Å²) in [5.41, 5.74) is 0. The average molecular weight is 249 g/mol. The van der Waals surface area contributed by atoms with E-state index in [1.54, 1.807) is 18.4 Å². The summed E-state index contributed by atoms with van der Waals surface area (Å²) in [5, 5.41) is 11.0. The number of nitrogens with one attached hydrogen (secondary N) is 1. The summed E-state index contributed by atoms with van der Waals surface area (Å²) in [6, 6.07) is 3.55. The SMILES string of the molecule is c1coc(-c2noc(CSc3ncn[nH]3)n2)c1. The Labute approximate surface area is 99.6 Å². The molecule has 0 saturated carbocycles. The molecule has 0 radical (unpaired) electrons. The van der Waals surface area contributed by atoms with Gasteiger partial charge >= 0.3 is 0 Å². The normalized spacial score (nSPS) is 10.8. The first-order valence-electron chi connectivity index (χ1n) is 4.76. The van der Waals surface area contributed by atoms with E-state index in [-0.39, 0.29) is 0 Å². The summed E-state index contributed by atoms with van der Waals surface area (Å²) in [7, 11) is 0. The second-order valence-electron chi connectivity index (χ2n) is 3.07. The first kappa shape index (κ1) is 10.1. The predicted molar refractivity (Wildman–Crippen MR) is 57.9 cm³/mol. The number of aromatic nitrogens is 5. The molecular weight excluding hydrogens is 242 g/mol. The summed E-state index contributed by atoms with van der Waals surface area (Å²) in [6.45, 7) is 0. The van der Waals surface area contributed by atoms with Gasteiger partial charge in [-0.3, -0.25) is 5.10 Å². The number of hydrogen-bond donors (Lipinski definition) is 1. The minimum Gasteiger partial charge on any atom is -0.461 e. The Balaban J connectivity index is 1.69. The van der Waals surface area contributed by atoms with Gasteiger partial charge in [-0.2, -0.15) is 10.1 Å². The molecule has 3 aromatic rings. The number of hydrogen-bond acceptors (Lipinski definition) is 7. The lowest BCUT2D eigenvalue weighted by Gasteiger charge is -1.89. The molecule has 0 bridgehead atoms. The molecule has 0 aliphatic rings. The van der Waals surface area contributed by atoms with Crippen LogP contribution >= 0.6 is 11.8 Å². The van der Waals surface area contributed by atoms with Crippen molar-refractivity contribution < 1.29 is 8.94 Å². The van der Waals surface area contributed by atoms with Crippen LogP contribution in [0.4, 0.5) is 0 Å². The molecule has 3 rings (SSSR count). The van der Waals surface area contributed by atoms with Crippen molar-refractivity contribution in [3.63, 3.8) is 0 Å². The maximum Gasteiger partial charge on any atom is 0.238 e. The topological polar surface area (TPSA) is 93.6 Å². The summed E-state index contributed by atoms with van der Waals surface area (Å²) in [5.74, 6) is 2.08. The van der Waals surface area contributed by atoms with Crippen LogP contribution in [0.2, 0.25) is 0 Å². The second-order valence-corrected chi connectivity index (χ2v) is 4.03. The minimum absolute atomic E-state index is 0.447. The van der Waals surface area contributed by atoms with Gasteiger partial charge in [-0.15, -0.1) is 0 Å². The standard InChI is InChI=1S/C9H7N5O2S/c1-2-6(15-3-1)8-12-7(16-14-8)4-17-9-10-5-11-13-9/h1-3,5H,4H2,(H,10,11,13). The fourth-order valence-corrected chi connectivity index (χ4v) is 1.83. The van der Waals surface area contributed by atoms with Crippen LogP contribution in [0.5, 0.6) is 0 Å². The minimum atomic E-state index is 0.447. The van der Waals surface area contributed by atoms with Crippen LogP contribution < -0.4 is 0 Å². The van der Waals surface area contributed by atoms with E-state index in [1.165, 1.54) is 18.1 Å². The molecule has 0 unspecified atom stereocenters. The molecule has 0 saturated heterocycles. The van der Waals surface area contributed by atoms with Crippen LogP contribution in [-0.4, -0.2) is 25.3 Å². The zero-order valence-corrected chi connectivity index (χ0v) is 9.35. The van der Waals surface area contributed by atoms with Gasteiger partial charge in [0.2, 0.25) is 11.7 Å². The molecule has 0 fully saturated rings. The smallest absolute Gasteiger partial charge is 0.238 e. The highest BCUT2D eigenvalue weighted by molar-refractivity contribution is 7.98. The zero-order chi connectivity index (χ0) is 11.5. The number of furan rings is 1. The molecule has 17 heavy (non-hydrogen) atoms. The maximum absolute atomic E-state index is 5.16.